The zero-order chi connectivity index (χ0) is 16.3. The van der Waals surface area contributed by atoms with Crippen LogP contribution in [0.5, 0.6) is 0 Å². The average molecular weight is 411 g/mol. The molecule has 0 unspecified atom stereocenters. The lowest BCUT2D eigenvalue weighted by atomic mass is 9.97. The molecular weight excluding hydrogens is 390 g/mol. The van der Waals surface area contributed by atoms with E-state index in [1.165, 1.54) is 0 Å². The van der Waals surface area contributed by atoms with E-state index in [4.69, 9.17) is 40.6 Å². The van der Waals surface area contributed by atoms with Gasteiger partial charge < -0.3 is 9.05 Å². The first kappa shape index (κ1) is 18.1. The predicted molar refractivity (Wildman–Crippen MR) is 91.8 cm³/mol. The van der Waals surface area contributed by atoms with Crippen LogP contribution in [0.1, 0.15) is 27.7 Å². The minimum Gasteiger partial charge on any atom is -0.309 e. The summed E-state index contributed by atoms with van der Waals surface area (Å²) in [5.41, 5.74) is -0.179. The van der Waals surface area contributed by atoms with Crippen LogP contribution >= 0.6 is 44.1 Å². The number of halogens is 2. The van der Waals surface area contributed by atoms with Gasteiger partial charge in [0.2, 0.25) is 0 Å². The highest BCUT2D eigenvalue weighted by molar-refractivity contribution is 8.14. The lowest BCUT2D eigenvalue weighted by molar-refractivity contribution is 0.0449. The van der Waals surface area contributed by atoms with Crippen LogP contribution in [0.3, 0.4) is 0 Å². The molecule has 2 spiro atoms. The van der Waals surface area contributed by atoms with Crippen molar-refractivity contribution in [2.45, 2.75) is 27.7 Å². The van der Waals surface area contributed by atoms with Crippen LogP contribution < -0.4 is 4.86 Å². The SMILES string of the molecule is CC1(C)COP2(=N[P+]3(N=P(Cl)(Cl)N2)OCC(C)(C)CO3)OC1. The summed E-state index contributed by atoms with van der Waals surface area (Å²) in [6.07, 6.45) is 0. The third kappa shape index (κ3) is 3.91. The number of nitrogens with zero attached hydrogens (tertiary/aromatic N) is 2. The maximum Gasteiger partial charge on any atom is 0.539 e. The van der Waals surface area contributed by atoms with E-state index in [9.17, 15) is 0 Å². The zero-order valence-electron chi connectivity index (χ0n) is 13.0. The Balaban J connectivity index is 1.93. The number of hydrogen-bond donors (Lipinski definition) is 1. The molecule has 0 aromatic rings. The van der Waals surface area contributed by atoms with E-state index in [-0.39, 0.29) is 10.8 Å². The molecule has 0 aromatic heterocycles. The molecule has 0 amide bonds. The zero-order valence-corrected chi connectivity index (χ0v) is 17.1. The van der Waals surface area contributed by atoms with Gasteiger partial charge in [0.05, 0.1) is 13.2 Å². The van der Waals surface area contributed by atoms with Gasteiger partial charge in [-0.25, -0.2) is 0 Å². The molecule has 3 heterocycles. The topological polar surface area (TPSA) is 73.7 Å². The monoisotopic (exact) mass is 410 g/mol. The van der Waals surface area contributed by atoms with Crippen molar-refractivity contribution < 1.29 is 18.1 Å². The Labute approximate surface area is 141 Å². The van der Waals surface area contributed by atoms with Crippen LogP contribution in [0.15, 0.2) is 9.03 Å². The molecule has 0 atom stereocenters. The van der Waals surface area contributed by atoms with E-state index in [0.29, 0.717) is 26.4 Å². The molecule has 0 aromatic carbocycles. The van der Waals surface area contributed by atoms with Crippen LogP contribution in [0.4, 0.5) is 0 Å². The Bertz CT molecular complexity index is 568. The predicted octanol–water partition coefficient (Wildman–Crippen LogP) is 5.78. The second kappa shape index (κ2) is 5.64. The molecule has 0 radical (unpaired) electrons. The van der Waals surface area contributed by atoms with Crippen LogP contribution in [0.2, 0.25) is 0 Å². The van der Waals surface area contributed by atoms with Crippen molar-refractivity contribution in [2.75, 3.05) is 26.4 Å². The first-order valence-corrected chi connectivity index (χ1v) is 13.5. The fourth-order valence-corrected chi connectivity index (χ4v) is 14.2. The van der Waals surface area contributed by atoms with E-state index >= 15 is 0 Å². The fraction of sp³-hybridized carbons (Fsp3) is 1.00. The Morgan fingerprint density at radius 2 is 1.41 bits per heavy atom. The lowest BCUT2D eigenvalue weighted by Crippen LogP contribution is -2.34. The maximum atomic E-state index is 6.33. The summed E-state index contributed by atoms with van der Waals surface area (Å²) in [6.45, 7) is 10.2. The summed E-state index contributed by atoms with van der Waals surface area (Å²) in [7, 11) is -5.68. The highest BCUT2D eigenvalue weighted by Crippen LogP contribution is 2.85. The van der Waals surface area contributed by atoms with E-state index in [0.717, 1.165) is 0 Å². The second-order valence-electron chi connectivity index (χ2n) is 7.20. The van der Waals surface area contributed by atoms with Gasteiger partial charge in [-0.2, -0.15) is 13.9 Å². The molecule has 0 saturated carbocycles. The molecule has 7 nitrogen and oxygen atoms in total. The number of rotatable bonds is 0. The molecule has 1 N–H and O–H groups in total. The third-order valence-electron chi connectivity index (χ3n) is 3.21. The summed E-state index contributed by atoms with van der Waals surface area (Å²) in [6, 6.07) is 0. The quantitative estimate of drug-likeness (QED) is 0.512. The van der Waals surface area contributed by atoms with Crippen LogP contribution in [0, 0.1) is 10.8 Å². The smallest absolute Gasteiger partial charge is 0.309 e. The van der Waals surface area contributed by atoms with Gasteiger partial charge in [-0.05, 0) is 27.0 Å². The number of hydrogen-bond acceptors (Lipinski definition) is 7. The first-order chi connectivity index (χ1) is 9.95. The van der Waals surface area contributed by atoms with Gasteiger partial charge >= 0.3 is 15.7 Å². The second-order valence-corrected chi connectivity index (χ2v) is 16.9. The van der Waals surface area contributed by atoms with Gasteiger partial charge in [0.25, 0.3) is 5.91 Å². The summed E-state index contributed by atoms with van der Waals surface area (Å²) < 4.78 is 32.5. The normalized spacial score (nSPS) is 33.9. The van der Waals surface area contributed by atoms with Gasteiger partial charge in [0.1, 0.15) is 13.2 Å². The molecule has 2 fully saturated rings. The van der Waals surface area contributed by atoms with Crippen LogP contribution in [-0.4, -0.2) is 26.4 Å². The lowest BCUT2D eigenvalue weighted by Gasteiger charge is -2.39. The molecule has 3 rings (SSSR count). The van der Waals surface area contributed by atoms with Gasteiger partial charge in [-0.1, -0.05) is 27.7 Å². The molecular formula is C10H21Cl2N3O4P3+. The van der Waals surface area contributed by atoms with Crippen molar-refractivity contribution in [1.29, 1.82) is 0 Å². The van der Waals surface area contributed by atoms with E-state index < -0.39 is 21.6 Å². The highest BCUT2D eigenvalue weighted by atomic mass is 35.9. The molecule has 3 aliphatic rings. The summed E-state index contributed by atoms with van der Waals surface area (Å²) >= 11 is 12.7. The van der Waals surface area contributed by atoms with Crippen molar-refractivity contribution in [2.24, 2.45) is 19.9 Å². The summed E-state index contributed by atoms with van der Waals surface area (Å²) in [5, 5.41) is 0. The van der Waals surface area contributed by atoms with Gasteiger partial charge in [0, 0.05) is 15.3 Å². The summed E-state index contributed by atoms with van der Waals surface area (Å²) in [5.74, 6) is -2.86. The summed E-state index contributed by atoms with van der Waals surface area (Å²) in [4.78, 5) is 2.98. The van der Waals surface area contributed by atoms with Crippen molar-refractivity contribution in [3.8, 4) is 0 Å². The standard InChI is InChI=1S/C10H21Cl2N3O4P3/c1-9(2)5-16-21(17-6-9)13-20(11,12)14-22(15-21)18-7-10(3,4)8-19-22/h13H,5-8H2,1-4H3/q+1. The molecule has 0 aliphatic carbocycles. The van der Waals surface area contributed by atoms with Gasteiger partial charge in [0.15, 0.2) is 0 Å². The molecule has 0 bridgehead atoms. The van der Waals surface area contributed by atoms with Gasteiger partial charge in [-0.3, -0.25) is 0 Å². The number of nitrogens with one attached hydrogen (secondary N) is 1. The van der Waals surface area contributed by atoms with E-state index in [1.807, 2.05) is 0 Å². The molecule has 2 saturated heterocycles. The molecule has 22 heavy (non-hydrogen) atoms. The van der Waals surface area contributed by atoms with Crippen molar-refractivity contribution in [3.63, 3.8) is 0 Å². The molecule has 12 heteroatoms. The maximum absolute atomic E-state index is 6.33. The Morgan fingerprint density at radius 1 is 0.909 bits per heavy atom. The highest BCUT2D eigenvalue weighted by Gasteiger charge is 2.60. The van der Waals surface area contributed by atoms with Crippen molar-refractivity contribution >= 4 is 44.1 Å². The molecule has 3 aliphatic heterocycles. The minimum atomic E-state index is -2.89. The molecule has 128 valence electrons. The average Bonchev–Trinajstić information content (AvgIpc) is 2.37. The minimum absolute atomic E-state index is 0.0847. The van der Waals surface area contributed by atoms with E-state index in [2.05, 4.69) is 41.6 Å². The Hall–Kier alpha value is 1.27. The fourth-order valence-electron chi connectivity index (χ4n) is 1.91. The Kier molecular flexibility index (Phi) is 4.63. The van der Waals surface area contributed by atoms with Crippen LogP contribution in [0.25, 0.3) is 0 Å². The Morgan fingerprint density at radius 3 is 1.95 bits per heavy atom. The van der Waals surface area contributed by atoms with Crippen molar-refractivity contribution in [1.82, 2.24) is 4.86 Å². The van der Waals surface area contributed by atoms with Crippen LogP contribution in [-0.2, 0) is 18.1 Å². The first-order valence-electron chi connectivity index (χ1n) is 6.88. The largest absolute Gasteiger partial charge is 0.539 e. The van der Waals surface area contributed by atoms with Crippen molar-refractivity contribution in [3.05, 3.63) is 0 Å². The van der Waals surface area contributed by atoms with Gasteiger partial charge in [-0.15, -0.1) is 0 Å². The van der Waals surface area contributed by atoms with E-state index in [1.54, 1.807) is 0 Å². The third-order valence-corrected chi connectivity index (χ3v) is 13.3.